The minimum Gasteiger partial charge on any atom is -0.491 e. The largest absolute Gasteiger partial charge is 0.491 e. The molecule has 1 aliphatic heterocycles. The van der Waals surface area contributed by atoms with E-state index in [1.54, 1.807) is 6.08 Å². The Morgan fingerprint density at radius 2 is 2.47 bits per heavy atom. The number of alkyl halides is 1. The van der Waals surface area contributed by atoms with Gasteiger partial charge >= 0.3 is 0 Å². The smallest absolute Gasteiger partial charge is 0.251 e. The van der Waals surface area contributed by atoms with E-state index in [1.165, 1.54) is 0 Å². The van der Waals surface area contributed by atoms with Gasteiger partial charge in [-0.15, -0.1) is 0 Å². The molecular weight excluding hydrogens is 221 g/mol. The van der Waals surface area contributed by atoms with Crippen molar-refractivity contribution in [2.24, 2.45) is 0 Å². The van der Waals surface area contributed by atoms with Crippen molar-refractivity contribution in [1.29, 1.82) is 0 Å². The predicted octanol–water partition coefficient (Wildman–Crippen LogP) is 1.72. The summed E-state index contributed by atoms with van der Waals surface area (Å²) in [6.45, 7) is 3.12. The average Bonchev–Trinajstić information content (AvgIpc) is 2.37. The zero-order valence-corrected chi connectivity index (χ0v) is 9.41. The van der Waals surface area contributed by atoms with Gasteiger partial charge in [-0.2, -0.15) is 0 Å². The monoisotopic (exact) mass is 235 g/mol. The van der Waals surface area contributed by atoms with Crippen molar-refractivity contribution in [3.8, 4) is 5.75 Å². The molecule has 0 fully saturated rings. The van der Waals surface area contributed by atoms with Gasteiger partial charge < -0.3 is 10.1 Å². The first-order valence-electron chi connectivity index (χ1n) is 5.47. The van der Waals surface area contributed by atoms with Crippen LogP contribution in [0.25, 0.3) is 6.08 Å². The van der Waals surface area contributed by atoms with Crippen molar-refractivity contribution in [3.63, 3.8) is 0 Å². The summed E-state index contributed by atoms with van der Waals surface area (Å²) in [5.41, 5.74) is 2.00. The Morgan fingerprint density at radius 3 is 3.18 bits per heavy atom. The Morgan fingerprint density at radius 1 is 1.65 bits per heavy atom. The fourth-order valence-corrected chi connectivity index (χ4v) is 1.98. The number of hydrogen-bond donors (Lipinski definition) is 1. The Bertz CT molecular complexity index is 445. The molecule has 1 aromatic rings. The third-order valence-electron chi connectivity index (χ3n) is 2.77. The van der Waals surface area contributed by atoms with Crippen molar-refractivity contribution in [1.82, 2.24) is 5.32 Å². The van der Waals surface area contributed by atoms with Crippen molar-refractivity contribution >= 4 is 12.0 Å². The molecule has 1 N–H and O–H groups in total. The van der Waals surface area contributed by atoms with Crippen LogP contribution in [0.4, 0.5) is 4.39 Å². The molecule has 0 aromatic heterocycles. The van der Waals surface area contributed by atoms with Crippen LogP contribution < -0.4 is 10.1 Å². The molecule has 1 amide bonds. The molecule has 3 nitrogen and oxygen atoms in total. The first kappa shape index (κ1) is 11.6. The minimum absolute atomic E-state index is 0.174. The molecule has 17 heavy (non-hydrogen) atoms. The van der Waals surface area contributed by atoms with Gasteiger partial charge in [0.15, 0.2) is 6.67 Å². The van der Waals surface area contributed by atoms with Gasteiger partial charge in [0, 0.05) is 12.0 Å². The van der Waals surface area contributed by atoms with Crippen LogP contribution >= 0.6 is 0 Å². The summed E-state index contributed by atoms with van der Waals surface area (Å²) in [5.74, 6) is 0.214. The molecule has 0 aliphatic carbocycles. The number of carbonyl (C=O) groups excluding carboxylic acids is 1. The van der Waals surface area contributed by atoms with E-state index in [9.17, 15) is 9.18 Å². The van der Waals surface area contributed by atoms with Crippen LogP contribution in [-0.2, 0) is 11.2 Å². The van der Waals surface area contributed by atoms with E-state index in [0.717, 1.165) is 16.9 Å². The molecule has 0 saturated carbocycles. The lowest BCUT2D eigenvalue weighted by Crippen LogP contribution is -2.43. The second-order valence-corrected chi connectivity index (χ2v) is 3.94. The number of hydrogen-bond acceptors (Lipinski definition) is 2. The number of ether oxygens (including phenoxy) is 1. The second-order valence-electron chi connectivity index (χ2n) is 3.94. The van der Waals surface area contributed by atoms with Gasteiger partial charge in [0.25, 0.3) is 5.91 Å². The number of benzene rings is 1. The van der Waals surface area contributed by atoms with Gasteiger partial charge in [-0.1, -0.05) is 24.8 Å². The Labute approximate surface area is 99.3 Å². The van der Waals surface area contributed by atoms with Gasteiger partial charge in [0.1, 0.15) is 12.4 Å². The zero-order chi connectivity index (χ0) is 12.3. The van der Waals surface area contributed by atoms with Gasteiger partial charge in [-0.3, -0.25) is 4.79 Å². The van der Waals surface area contributed by atoms with E-state index in [4.69, 9.17) is 4.74 Å². The number of fused-ring (bicyclic) bond motifs is 1. The van der Waals surface area contributed by atoms with Crippen molar-refractivity contribution in [2.45, 2.75) is 12.5 Å². The Kier molecular flexibility index (Phi) is 3.42. The third kappa shape index (κ3) is 2.46. The fourth-order valence-electron chi connectivity index (χ4n) is 1.98. The van der Waals surface area contributed by atoms with Gasteiger partial charge in [-0.05, 0) is 11.6 Å². The van der Waals surface area contributed by atoms with Crippen LogP contribution in [0.2, 0.25) is 0 Å². The molecule has 1 aliphatic rings. The van der Waals surface area contributed by atoms with Crippen molar-refractivity contribution < 1.29 is 13.9 Å². The van der Waals surface area contributed by atoms with E-state index < -0.39 is 12.6 Å². The van der Waals surface area contributed by atoms with E-state index in [1.807, 2.05) is 18.2 Å². The topological polar surface area (TPSA) is 38.3 Å². The lowest BCUT2D eigenvalue weighted by molar-refractivity contribution is -0.122. The van der Waals surface area contributed by atoms with E-state index in [0.29, 0.717) is 13.0 Å². The summed E-state index contributed by atoms with van der Waals surface area (Å²) < 4.78 is 17.7. The molecule has 0 bridgehead atoms. The highest BCUT2D eigenvalue weighted by Crippen LogP contribution is 2.28. The molecule has 1 aromatic carbocycles. The number of halogens is 1. The molecule has 1 heterocycles. The summed E-state index contributed by atoms with van der Waals surface area (Å²) in [4.78, 5) is 11.0. The van der Waals surface area contributed by atoms with Gasteiger partial charge in [0.05, 0.1) is 6.04 Å². The van der Waals surface area contributed by atoms with E-state index >= 15 is 0 Å². The van der Waals surface area contributed by atoms with Gasteiger partial charge in [0.2, 0.25) is 0 Å². The van der Waals surface area contributed by atoms with Crippen LogP contribution in [-0.4, -0.2) is 25.2 Å². The van der Waals surface area contributed by atoms with Crippen LogP contribution in [0.1, 0.15) is 11.1 Å². The molecule has 4 heteroatoms. The van der Waals surface area contributed by atoms with Crippen molar-refractivity contribution in [2.75, 3.05) is 13.3 Å². The third-order valence-corrected chi connectivity index (χ3v) is 2.77. The maximum atomic E-state index is 12.1. The lowest BCUT2D eigenvalue weighted by Gasteiger charge is -2.27. The number of carbonyl (C=O) groups is 1. The average molecular weight is 235 g/mol. The Hall–Kier alpha value is -1.84. The molecule has 2 rings (SSSR count). The first-order chi connectivity index (χ1) is 8.24. The predicted molar refractivity (Wildman–Crippen MR) is 63.6 cm³/mol. The lowest BCUT2D eigenvalue weighted by atomic mass is 9.97. The Balaban J connectivity index is 2.17. The van der Waals surface area contributed by atoms with Crippen LogP contribution in [0.15, 0.2) is 24.8 Å². The normalized spacial score (nSPS) is 17.8. The summed E-state index contributed by atoms with van der Waals surface area (Å²) in [6, 6.07) is 5.55. The highest BCUT2D eigenvalue weighted by atomic mass is 19.1. The van der Waals surface area contributed by atoms with Gasteiger partial charge in [-0.25, -0.2) is 4.39 Å². The highest BCUT2D eigenvalue weighted by molar-refractivity contribution is 5.77. The first-order valence-corrected chi connectivity index (χ1v) is 5.47. The second kappa shape index (κ2) is 4.99. The SMILES string of the molecule is C=Cc1cccc2c1C[C@@H](NC(=O)CF)CO2. The molecule has 0 radical (unpaired) electrons. The maximum Gasteiger partial charge on any atom is 0.251 e. The molecule has 0 spiro atoms. The molecule has 1 atom stereocenters. The molecular formula is C13H14FNO2. The van der Waals surface area contributed by atoms with Crippen LogP contribution in [0, 0.1) is 0 Å². The quantitative estimate of drug-likeness (QED) is 0.866. The number of nitrogens with one attached hydrogen (secondary N) is 1. The minimum atomic E-state index is -0.994. The molecule has 0 saturated heterocycles. The van der Waals surface area contributed by atoms with Crippen LogP contribution in [0.3, 0.4) is 0 Å². The summed E-state index contributed by atoms with van der Waals surface area (Å²) >= 11 is 0. The highest BCUT2D eigenvalue weighted by Gasteiger charge is 2.22. The number of amides is 1. The summed E-state index contributed by atoms with van der Waals surface area (Å²) in [7, 11) is 0. The zero-order valence-electron chi connectivity index (χ0n) is 9.41. The number of rotatable bonds is 3. The maximum absolute atomic E-state index is 12.1. The molecule has 90 valence electrons. The molecule has 0 unspecified atom stereocenters. The van der Waals surface area contributed by atoms with E-state index in [-0.39, 0.29) is 6.04 Å². The van der Waals surface area contributed by atoms with E-state index in [2.05, 4.69) is 11.9 Å². The van der Waals surface area contributed by atoms with Crippen molar-refractivity contribution in [3.05, 3.63) is 35.9 Å². The standard InChI is InChI=1S/C13H14FNO2/c1-2-9-4-3-5-12-11(9)6-10(8-17-12)15-13(16)7-14/h2-5,10H,1,6-8H2,(H,15,16)/t10-/m1/s1. The van der Waals surface area contributed by atoms with Crippen LogP contribution in [0.5, 0.6) is 5.75 Å². The summed E-state index contributed by atoms with van der Waals surface area (Å²) in [6.07, 6.45) is 2.39. The fraction of sp³-hybridized carbons (Fsp3) is 0.308. The summed E-state index contributed by atoms with van der Waals surface area (Å²) in [5, 5.41) is 2.59.